The van der Waals surface area contributed by atoms with Gasteiger partial charge in [-0.3, -0.25) is 4.79 Å². The van der Waals surface area contributed by atoms with Crippen molar-refractivity contribution < 1.29 is 29.3 Å². The third kappa shape index (κ3) is 4.21. The zero-order valence-electron chi connectivity index (χ0n) is 19.6. The molecule has 0 amide bonds. The molecule has 0 aromatic carbocycles. The van der Waals surface area contributed by atoms with Gasteiger partial charge >= 0.3 is 11.9 Å². The smallest absolute Gasteiger partial charge is 0.337 e. The summed E-state index contributed by atoms with van der Waals surface area (Å²) < 4.78 is 10.8. The second-order valence-corrected chi connectivity index (χ2v) is 11.2. The van der Waals surface area contributed by atoms with Crippen LogP contribution in [0.5, 0.6) is 0 Å². The van der Waals surface area contributed by atoms with Gasteiger partial charge in [-0.1, -0.05) is 32.1 Å². The van der Waals surface area contributed by atoms with E-state index in [1.165, 1.54) is 0 Å². The van der Waals surface area contributed by atoms with Gasteiger partial charge < -0.3 is 19.7 Å². The lowest BCUT2D eigenvalue weighted by Crippen LogP contribution is -2.57. The lowest BCUT2D eigenvalue weighted by Gasteiger charge is -2.59. The van der Waals surface area contributed by atoms with E-state index in [1.807, 2.05) is 13.0 Å². The van der Waals surface area contributed by atoms with E-state index >= 15 is 0 Å². The Bertz CT molecular complexity index is 777. The van der Waals surface area contributed by atoms with Gasteiger partial charge in [0.25, 0.3) is 0 Å². The molecule has 174 valence electrons. The van der Waals surface area contributed by atoms with Crippen LogP contribution >= 0.6 is 0 Å². The van der Waals surface area contributed by atoms with Gasteiger partial charge in [0.05, 0.1) is 23.7 Å². The van der Waals surface area contributed by atoms with E-state index in [4.69, 9.17) is 9.47 Å². The Balaban J connectivity index is 1.84. The van der Waals surface area contributed by atoms with Crippen LogP contribution in [0.1, 0.15) is 66.7 Å². The molecule has 1 saturated heterocycles. The van der Waals surface area contributed by atoms with Gasteiger partial charge in [-0.2, -0.15) is 0 Å². The second-order valence-electron chi connectivity index (χ2n) is 11.2. The number of cyclic esters (lactones) is 1. The third-order valence-electron chi connectivity index (χ3n) is 8.08. The van der Waals surface area contributed by atoms with Gasteiger partial charge in [0.1, 0.15) is 6.61 Å². The largest absolute Gasteiger partial charge is 0.458 e. The molecule has 0 bridgehead atoms. The van der Waals surface area contributed by atoms with Gasteiger partial charge in [0.2, 0.25) is 0 Å². The number of aliphatic hydroxyl groups is 2. The van der Waals surface area contributed by atoms with Crippen molar-refractivity contribution in [3.63, 3.8) is 0 Å². The molecule has 6 heteroatoms. The number of allylic oxidation sites excluding steroid dienone is 2. The van der Waals surface area contributed by atoms with Crippen LogP contribution in [-0.2, 0) is 19.1 Å². The average Bonchev–Trinajstić information content (AvgIpc) is 3.03. The quantitative estimate of drug-likeness (QED) is 0.399. The Hall–Kier alpha value is -1.66. The summed E-state index contributed by atoms with van der Waals surface area (Å²) in [6.45, 7) is 13.9. The van der Waals surface area contributed by atoms with Crippen molar-refractivity contribution >= 4 is 11.9 Å². The first-order valence-electron chi connectivity index (χ1n) is 11.4. The molecule has 2 saturated carbocycles. The van der Waals surface area contributed by atoms with Gasteiger partial charge in [-0.25, -0.2) is 4.79 Å². The molecule has 0 spiro atoms. The lowest BCUT2D eigenvalue weighted by atomic mass is 9.46. The van der Waals surface area contributed by atoms with E-state index in [0.717, 1.165) is 24.8 Å². The molecule has 0 radical (unpaired) electrons. The number of carbonyl (C=O) groups is 2. The number of hydrogen-bond donors (Lipinski definition) is 2. The van der Waals surface area contributed by atoms with Crippen molar-refractivity contribution in [2.45, 2.75) is 78.9 Å². The lowest BCUT2D eigenvalue weighted by molar-refractivity contribution is -0.157. The van der Waals surface area contributed by atoms with Crippen molar-refractivity contribution in [1.82, 2.24) is 0 Å². The molecule has 3 rings (SSSR count). The van der Waals surface area contributed by atoms with Crippen LogP contribution < -0.4 is 0 Å². The molecule has 6 nitrogen and oxygen atoms in total. The molecule has 2 N–H and O–H groups in total. The Labute approximate surface area is 185 Å². The van der Waals surface area contributed by atoms with E-state index in [0.29, 0.717) is 18.4 Å². The summed E-state index contributed by atoms with van der Waals surface area (Å²) >= 11 is 0. The van der Waals surface area contributed by atoms with Crippen molar-refractivity contribution in [2.75, 3.05) is 13.2 Å². The summed E-state index contributed by atoms with van der Waals surface area (Å²) in [6, 6.07) is 0. The number of esters is 2. The van der Waals surface area contributed by atoms with Crippen LogP contribution in [0.25, 0.3) is 0 Å². The fraction of sp³-hybridized carbons (Fsp3) is 0.760. The predicted octanol–water partition coefficient (Wildman–Crippen LogP) is 3.56. The number of fused-ring (bicyclic) bond motifs is 1. The third-order valence-corrected chi connectivity index (χ3v) is 8.08. The van der Waals surface area contributed by atoms with Crippen LogP contribution in [0.3, 0.4) is 0 Å². The van der Waals surface area contributed by atoms with Gasteiger partial charge in [-0.05, 0) is 70.1 Å². The molecule has 2 aliphatic carbocycles. The van der Waals surface area contributed by atoms with Crippen LogP contribution in [0.15, 0.2) is 23.8 Å². The number of aliphatic hydroxyl groups excluding tert-OH is 2. The zero-order chi connectivity index (χ0) is 23.2. The fourth-order valence-corrected chi connectivity index (χ4v) is 5.95. The Morgan fingerprint density at radius 2 is 2.00 bits per heavy atom. The highest BCUT2D eigenvalue weighted by molar-refractivity contribution is 5.92. The average molecular weight is 435 g/mol. The number of ether oxygens (including phenoxy) is 2. The van der Waals surface area contributed by atoms with E-state index in [-0.39, 0.29) is 36.4 Å². The molecule has 3 aliphatic rings. The summed E-state index contributed by atoms with van der Waals surface area (Å²) in [7, 11) is 0. The van der Waals surface area contributed by atoms with Crippen LogP contribution in [0.2, 0.25) is 0 Å². The van der Waals surface area contributed by atoms with Crippen LogP contribution in [-0.4, -0.2) is 47.6 Å². The van der Waals surface area contributed by atoms with E-state index in [1.54, 1.807) is 20.8 Å². The minimum atomic E-state index is -0.685. The zero-order valence-corrected chi connectivity index (χ0v) is 19.6. The molecule has 1 heterocycles. The summed E-state index contributed by atoms with van der Waals surface area (Å²) in [5, 5.41) is 20.8. The predicted molar refractivity (Wildman–Crippen MR) is 117 cm³/mol. The van der Waals surface area contributed by atoms with Gasteiger partial charge in [0, 0.05) is 5.41 Å². The molecule has 0 aromatic rings. The molecule has 31 heavy (non-hydrogen) atoms. The standard InChI is InChI=1S/C25H38O6/c1-15-7-10-19-24(5,12-11-20(27)25(19,6)14-26)17(15)9-8-16-18(13-30-21(16)28)31-22(29)23(2,3)4/h8,17-20,26-27H,1,7,9-14H2,2-6H3/b16-8-/t17-,18?,19?,20-,24+,25+/m1/s1. The minimum absolute atomic E-state index is 0.0484. The number of rotatable bonds is 4. The topological polar surface area (TPSA) is 93.1 Å². The molecular formula is C25H38O6. The van der Waals surface area contributed by atoms with Crippen molar-refractivity contribution in [3.8, 4) is 0 Å². The highest BCUT2D eigenvalue weighted by Gasteiger charge is 2.57. The maximum atomic E-state index is 12.4. The summed E-state index contributed by atoms with van der Waals surface area (Å²) in [4.78, 5) is 24.7. The molecule has 6 atom stereocenters. The maximum absolute atomic E-state index is 12.4. The summed E-state index contributed by atoms with van der Waals surface area (Å²) in [6.07, 6.45) is 4.46. The molecule has 1 aliphatic heterocycles. The summed E-state index contributed by atoms with van der Waals surface area (Å²) in [5.41, 5.74) is 0.199. The van der Waals surface area contributed by atoms with E-state index in [9.17, 15) is 19.8 Å². The first-order chi connectivity index (χ1) is 14.3. The van der Waals surface area contributed by atoms with Crippen LogP contribution in [0, 0.1) is 28.1 Å². The number of hydrogen-bond acceptors (Lipinski definition) is 6. The highest BCUT2D eigenvalue weighted by atomic mass is 16.6. The maximum Gasteiger partial charge on any atom is 0.337 e. The van der Waals surface area contributed by atoms with E-state index < -0.39 is 29.0 Å². The van der Waals surface area contributed by atoms with Crippen LogP contribution in [0.4, 0.5) is 0 Å². The Morgan fingerprint density at radius 3 is 2.61 bits per heavy atom. The molecule has 2 unspecified atom stereocenters. The minimum Gasteiger partial charge on any atom is -0.458 e. The van der Waals surface area contributed by atoms with Gasteiger partial charge in [0.15, 0.2) is 6.10 Å². The first-order valence-corrected chi connectivity index (χ1v) is 11.4. The SMILES string of the molecule is C=C1CCC2[C@](C)(CO)[C@H](O)CC[C@@]2(C)[C@@H]1C/C=C1\C(=O)OCC1OC(=O)C(C)(C)C. The molecule has 0 aromatic heterocycles. The highest BCUT2D eigenvalue weighted by Crippen LogP contribution is 2.61. The van der Waals surface area contributed by atoms with Gasteiger partial charge in [-0.15, -0.1) is 0 Å². The van der Waals surface area contributed by atoms with E-state index in [2.05, 4.69) is 13.5 Å². The number of carbonyl (C=O) groups excluding carboxylic acids is 2. The van der Waals surface area contributed by atoms with Crippen molar-refractivity contribution in [1.29, 1.82) is 0 Å². The second kappa shape index (κ2) is 8.36. The molecule has 3 fully saturated rings. The fourth-order valence-electron chi connectivity index (χ4n) is 5.95. The normalized spacial score (nSPS) is 39.9. The first kappa shape index (κ1) is 24.0. The summed E-state index contributed by atoms with van der Waals surface area (Å²) in [5.74, 6) is -0.526. The monoisotopic (exact) mass is 434 g/mol. The van der Waals surface area contributed by atoms with Crippen molar-refractivity contribution in [3.05, 3.63) is 23.8 Å². The Kier molecular flexibility index (Phi) is 6.47. The van der Waals surface area contributed by atoms with Crippen molar-refractivity contribution in [2.24, 2.45) is 28.1 Å². The molecular weight excluding hydrogens is 396 g/mol. The Morgan fingerprint density at radius 1 is 1.32 bits per heavy atom.